The van der Waals surface area contributed by atoms with Gasteiger partial charge in [0.05, 0.1) is 31.7 Å². The SMILES string of the molecule is O=C([O-])c1cnc(C2CCOCC2)s1.O=C([O-])c1cnc(C2CCOCC2)s1.[Li+].[Li+]. The van der Waals surface area contributed by atoms with Gasteiger partial charge in [-0.2, -0.15) is 0 Å². The Bertz CT molecular complexity index is 738. The molecular weight excluding hydrogens is 418 g/mol. The number of carbonyl (C=O) groups excluding carboxylic acids is 2. The van der Waals surface area contributed by atoms with Crippen LogP contribution in [0.1, 0.15) is 66.9 Å². The Balaban J connectivity index is 0.000000281. The average Bonchev–Trinajstić information content (AvgIpc) is 3.40. The second-order valence-corrected chi connectivity index (χ2v) is 8.60. The van der Waals surface area contributed by atoms with Crippen molar-refractivity contribution in [3.05, 3.63) is 32.2 Å². The van der Waals surface area contributed by atoms with Crippen molar-refractivity contribution in [1.29, 1.82) is 0 Å². The largest absolute Gasteiger partial charge is 1.00 e. The Morgan fingerprint density at radius 2 is 1.10 bits per heavy atom. The van der Waals surface area contributed by atoms with Crippen LogP contribution in [0, 0.1) is 0 Å². The fourth-order valence-corrected chi connectivity index (χ4v) is 4.87. The van der Waals surface area contributed by atoms with E-state index in [9.17, 15) is 19.8 Å². The van der Waals surface area contributed by atoms with Crippen molar-refractivity contribution in [1.82, 2.24) is 9.97 Å². The molecule has 0 N–H and O–H groups in total. The Morgan fingerprint density at radius 3 is 1.37 bits per heavy atom. The molecule has 0 spiro atoms. The van der Waals surface area contributed by atoms with Gasteiger partial charge in [-0.05, 0) is 25.7 Å². The van der Waals surface area contributed by atoms with Gasteiger partial charge in [0.1, 0.15) is 0 Å². The molecule has 0 saturated carbocycles. The van der Waals surface area contributed by atoms with E-state index in [0.29, 0.717) is 11.8 Å². The molecule has 0 aliphatic carbocycles. The monoisotopic (exact) mass is 438 g/mol. The number of carboxylic acids is 2. The summed E-state index contributed by atoms with van der Waals surface area (Å²) in [6.45, 7) is 2.96. The Morgan fingerprint density at radius 1 is 0.767 bits per heavy atom. The van der Waals surface area contributed by atoms with Crippen LogP contribution in [0.25, 0.3) is 0 Å². The summed E-state index contributed by atoms with van der Waals surface area (Å²) in [5.41, 5.74) is 0. The van der Waals surface area contributed by atoms with Gasteiger partial charge in [0, 0.05) is 50.7 Å². The summed E-state index contributed by atoms with van der Waals surface area (Å²) in [5, 5.41) is 22.9. The fourth-order valence-electron chi connectivity index (χ4n) is 3.03. The molecule has 2 aromatic rings. The normalized spacial score (nSPS) is 17.1. The maximum atomic E-state index is 10.5. The second-order valence-electron chi connectivity index (χ2n) is 6.47. The molecule has 0 amide bonds. The average molecular weight is 438 g/mol. The summed E-state index contributed by atoms with van der Waals surface area (Å²) in [6, 6.07) is 0. The van der Waals surface area contributed by atoms with Gasteiger partial charge >= 0.3 is 37.7 Å². The maximum absolute atomic E-state index is 10.5. The molecule has 0 atom stereocenters. The van der Waals surface area contributed by atoms with E-state index in [1.807, 2.05) is 0 Å². The number of carbonyl (C=O) groups is 2. The summed E-state index contributed by atoms with van der Waals surface area (Å²) in [4.78, 5) is 29.7. The van der Waals surface area contributed by atoms with Crippen LogP contribution < -0.4 is 47.9 Å². The van der Waals surface area contributed by atoms with Crippen molar-refractivity contribution in [3.8, 4) is 0 Å². The smallest absolute Gasteiger partial charge is 0.544 e. The quantitative estimate of drug-likeness (QED) is 0.434. The molecule has 0 unspecified atom stereocenters. The van der Waals surface area contributed by atoms with Gasteiger partial charge in [-0.15, -0.1) is 22.7 Å². The van der Waals surface area contributed by atoms with Gasteiger partial charge < -0.3 is 29.3 Å². The molecule has 4 heterocycles. The van der Waals surface area contributed by atoms with E-state index in [2.05, 4.69) is 9.97 Å². The molecule has 2 saturated heterocycles. The number of hydrogen-bond acceptors (Lipinski definition) is 10. The summed E-state index contributed by atoms with van der Waals surface area (Å²) in [5.74, 6) is -1.55. The standard InChI is InChI=1S/2C9H11NO3S.2Li/c2*11-9(12)7-5-10-8(14-7)6-1-3-13-4-2-6;;/h2*5-6H,1-4H2,(H,11,12);;/q;;2*+1/p-2. The van der Waals surface area contributed by atoms with Crippen LogP contribution in [-0.2, 0) is 9.47 Å². The Hall–Kier alpha value is -0.685. The number of carboxylic acid groups (broad SMARTS) is 2. The molecule has 0 radical (unpaired) electrons. The van der Waals surface area contributed by atoms with Crippen molar-refractivity contribution in [3.63, 3.8) is 0 Å². The number of hydrogen-bond donors (Lipinski definition) is 0. The minimum atomic E-state index is -1.14. The summed E-state index contributed by atoms with van der Waals surface area (Å²) in [7, 11) is 0. The molecule has 2 aromatic heterocycles. The van der Waals surface area contributed by atoms with E-state index in [0.717, 1.165) is 62.1 Å². The summed E-state index contributed by atoms with van der Waals surface area (Å²) in [6.07, 6.45) is 6.48. The van der Waals surface area contributed by atoms with Crippen LogP contribution in [0.2, 0.25) is 0 Å². The molecule has 8 nitrogen and oxygen atoms in total. The zero-order valence-electron chi connectivity index (χ0n) is 17.1. The van der Waals surface area contributed by atoms with Gasteiger partial charge in [0.15, 0.2) is 0 Å². The topological polar surface area (TPSA) is 124 Å². The first-order valence-electron chi connectivity index (χ1n) is 9.04. The van der Waals surface area contributed by atoms with Gasteiger partial charge in [-0.3, -0.25) is 0 Å². The fraction of sp³-hybridized carbons (Fsp3) is 0.556. The molecule has 2 fully saturated rings. The van der Waals surface area contributed by atoms with E-state index in [-0.39, 0.29) is 47.5 Å². The van der Waals surface area contributed by atoms with E-state index >= 15 is 0 Å². The van der Waals surface area contributed by atoms with Gasteiger partial charge in [0.25, 0.3) is 0 Å². The van der Waals surface area contributed by atoms with E-state index in [4.69, 9.17) is 9.47 Å². The van der Waals surface area contributed by atoms with Crippen molar-refractivity contribution in [2.45, 2.75) is 37.5 Å². The minimum Gasteiger partial charge on any atom is -0.544 e. The molecule has 4 rings (SSSR count). The Kier molecular flexibility index (Phi) is 12.5. The number of nitrogens with zero attached hydrogens (tertiary/aromatic N) is 2. The van der Waals surface area contributed by atoms with Gasteiger partial charge in [0.2, 0.25) is 0 Å². The third-order valence-corrected chi connectivity index (χ3v) is 6.87. The van der Waals surface area contributed by atoms with Crippen molar-refractivity contribution < 1.29 is 67.0 Å². The first-order valence-corrected chi connectivity index (χ1v) is 10.7. The van der Waals surface area contributed by atoms with Crippen molar-refractivity contribution in [2.24, 2.45) is 0 Å². The first-order chi connectivity index (χ1) is 13.5. The third kappa shape index (κ3) is 7.78. The van der Waals surface area contributed by atoms with Crippen LogP contribution in [0.4, 0.5) is 0 Å². The predicted molar refractivity (Wildman–Crippen MR) is 98.5 cm³/mol. The zero-order chi connectivity index (χ0) is 19.9. The predicted octanol–water partition coefficient (Wildman–Crippen LogP) is -5.19. The van der Waals surface area contributed by atoms with Crippen LogP contribution >= 0.6 is 22.7 Å². The van der Waals surface area contributed by atoms with E-state index in [1.165, 1.54) is 35.1 Å². The summed E-state index contributed by atoms with van der Waals surface area (Å²) >= 11 is 2.44. The summed E-state index contributed by atoms with van der Waals surface area (Å²) < 4.78 is 10.4. The molecule has 0 bridgehead atoms. The van der Waals surface area contributed by atoms with Gasteiger partial charge in [-0.1, -0.05) is 0 Å². The van der Waals surface area contributed by atoms with E-state index in [1.54, 1.807) is 0 Å². The van der Waals surface area contributed by atoms with E-state index < -0.39 is 11.9 Å². The molecule has 12 heteroatoms. The molecule has 0 aromatic carbocycles. The van der Waals surface area contributed by atoms with Crippen molar-refractivity contribution in [2.75, 3.05) is 26.4 Å². The number of thiazole rings is 2. The zero-order valence-corrected chi connectivity index (χ0v) is 18.8. The Labute approximate surface area is 206 Å². The second kappa shape index (κ2) is 13.7. The maximum Gasteiger partial charge on any atom is 1.00 e. The van der Waals surface area contributed by atoms with Crippen LogP contribution in [0.15, 0.2) is 12.4 Å². The molecule has 2 aliphatic heterocycles. The van der Waals surface area contributed by atoms with Crippen LogP contribution in [-0.4, -0.2) is 48.3 Å². The number of ether oxygens (including phenoxy) is 2. The van der Waals surface area contributed by atoms with Crippen LogP contribution in [0.5, 0.6) is 0 Å². The molecule has 30 heavy (non-hydrogen) atoms. The number of rotatable bonds is 4. The van der Waals surface area contributed by atoms with Crippen molar-refractivity contribution >= 4 is 34.6 Å². The number of aromatic nitrogens is 2. The number of aromatic carboxylic acids is 2. The molecule has 152 valence electrons. The molecule has 2 aliphatic rings. The minimum absolute atomic E-state index is 0. The molecular formula is C18H20Li2N2O6S2. The third-order valence-electron chi connectivity index (χ3n) is 4.59. The van der Waals surface area contributed by atoms with Crippen LogP contribution in [0.3, 0.4) is 0 Å². The first kappa shape index (κ1) is 27.3. The van der Waals surface area contributed by atoms with Gasteiger partial charge in [-0.25, -0.2) is 9.97 Å².